The smallest absolute Gasteiger partial charge is 0.279 e. The number of aryl methyl sites for hydroxylation is 1. The Balaban J connectivity index is 2.13. The van der Waals surface area contributed by atoms with Gasteiger partial charge in [-0.2, -0.15) is 4.99 Å². The van der Waals surface area contributed by atoms with Crippen LogP contribution < -0.4 is 4.80 Å². The molecule has 22 heavy (non-hydrogen) atoms. The minimum Gasteiger partial charge on any atom is -0.317 e. The first kappa shape index (κ1) is 15.1. The van der Waals surface area contributed by atoms with Crippen LogP contribution in [0.2, 0.25) is 0 Å². The van der Waals surface area contributed by atoms with E-state index < -0.39 is 17.5 Å². The SMILES string of the molecule is Cn1c(=NC(=O)c2ccc(Br)cc2)sc2cc(F)cc(F)c21. The summed E-state index contributed by atoms with van der Waals surface area (Å²) in [5.41, 5.74) is 0.654. The normalized spacial score (nSPS) is 12.1. The predicted octanol–water partition coefficient (Wildman–Crippen LogP) is 4.02. The molecule has 3 aromatic rings. The molecule has 0 aliphatic rings. The van der Waals surface area contributed by atoms with Gasteiger partial charge in [0.25, 0.3) is 5.91 Å². The maximum absolute atomic E-state index is 13.8. The first-order chi connectivity index (χ1) is 10.5. The third-order valence-corrected chi connectivity index (χ3v) is 4.71. The average molecular weight is 383 g/mol. The lowest BCUT2D eigenvalue weighted by atomic mass is 10.2. The van der Waals surface area contributed by atoms with E-state index in [4.69, 9.17) is 0 Å². The minimum absolute atomic E-state index is 0.230. The largest absolute Gasteiger partial charge is 0.317 e. The number of nitrogens with zero attached hydrogens (tertiary/aromatic N) is 2. The molecule has 0 spiro atoms. The minimum atomic E-state index is -0.675. The molecule has 0 unspecified atom stereocenters. The van der Waals surface area contributed by atoms with Gasteiger partial charge in [0.1, 0.15) is 5.82 Å². The molecular weight excluding hydrogens is 374 g/mol. The summed E-state index contributed by atoms with van der Waals surface area (Å²) in [5, 5.41) is 0. The number of fused-ring (bicyclic) bond motifs is 1. The number of halogens is 3. The fourth-order valence-electron chi connectivity index (χ4n) is 2.05. The first-order valence-electron chi connectivity index (χ1n) is 6.25. The molecule has 0 atom stereocenters. The lowest BCUT2D eigenvalue weighted by molar-refractivity contribution is 0.0998. The van der Waals surface area contributed by atoms with Gasteiger partial charge in [0.15, 0.2) is 10.6 Å². The number of benzene rings is 2. The molecule has 3 rings (SSSR count). The summed E-state index contributed by atoms with van der Waals surface area (Å²) in [6.45, 7) is 0. The van der Waals surface area contributed by atoms with Crippen LogP contribution in [0.15, 0.2) is 45.9 Å². The molecular formula is C15H9BrF2N2OS. The van der Waals surface area contributed by atoms with Gasteiger partial charge in [0, 0.05) is 23.2 Å². The Kier molecular flexibility index (Phi) is 3.92. The summed E-state index contributed by atoms with van der Waals surface area (Å²) in [7, 11) is 1.59. The molecule has 0 saturated carbocycles. The van der Waals surface area contributed by atoms with E-state index in [-0.39, 0.29) is 5.52 Å². The van der Waals surface area contributed by atoms with Crippen molar-refractivity contribution in [2.75, 3.05) is 0 Å². The molecule has 7 heteroatoms. The van der Waals surface area contributed by atoms with Crippen LogP contribution in [0.4, 0.5) is 8.78 Å². The van der Waals surface area contributed by atoms with Gasteiger partial charge in [0.05, 0.1) is 10.2 Å². The van der Waals surface area contributed by atoms with Gasteiger partial charge in [0.2, 0.25) is 0 Å². The van der Waals surface area contributed by atoms with Gasteiger partial charge in [-0.05, 0) is 30.3 Å². The maximum atomic E-state index is 13.8. The maximum Gasteiger partial charge on any atom is 0.279 e. The molecule has 0 aliphatic carbocycles. The summed E-state index contributed by atoms with van der Waals surface area (Å²) in [6, 6.07) is 8.81. The van der Waals surface area contributed by atoms with Crippen molar-refractivity contribution in [2.45, 2.75) is 0 Å². The van der Waals surface area contributed by atoms with Crippen LogP contribution in [0.5, 0.6) is 0 Å². The van der Waals surface area contributed by atoms with E-state index in [9.17, 15) is 13.6 Å². The number of hydrogen-bond donors (Lipinski definition) is 0. The molecule has 0 saturated heterocycles. The summed E-state index contributed by atoms with van der Waals surface area (Å²) in [4.78, 5) is 16.5. The molecule has 0 bridgehead atoms. The molecule has 0 aliphatic heterocycles. The van der Waals surface area contributed by atoms with Crippen molar-refractivity contribution < 1.29 is 13.6 Å². The van der Waals surface area contributed by atoms with Gasteiger partial charge in [-0.1, -0.05) is 27.3 Å². The van der Waals surface area contributed by atoms with Crippen molar-refractivity contribution in [3.8, 4) is 0 Å². The van der Waals surface area contributed by atoms with Crippen molar-refractivity contribution in [3.63, 3.8) is 0 Å². The number of hydrogen-bond acceptors (Lipinski definition) is 2. The summed E-state index contributed by atoms with van der Waals surface area (Å²) >= 11 is 4.35. The summed E-state index contributed by atoms with van der Waals surface area (Å²) < 4.78 is 29.8. The lowest BCUT2D eigenvalue weighted by Gasteiger charge is -1.98. The predicted molar refractivity (Wildman–Crippen MR) is 84.7 cm³/mol. The van der Waals surface area contributed by atoms with E-state index in [1.54, 1.807) is 31.3 Å². The van der Waals surface area contributed by atoms with E-state index in [1.807, 2.05) is 0 Å². The fraction of sp³-hybridized carbons (Fsp3) is 0.0667. The highest BCUT2D eigenvalue weighted by Crippen LogP contribution is 2.21. The standard InChI is InChI=1S/C15H9BrF2N2OS/c1-20-13-11(18)6-10(17)7-12(13)22-15(20)19-14(21)8-2-4-9(16)5-3-8/h2-7H,1H3. The number of carbonyl (C=O) groups excluding carboxylic acids is 1. The second kappa shape index (κ2) is 5.73. The Labute approximate surface area is 136 Å². The second-order valence-corrected chi connectivity index (χ2v) is 6.53. The van der Waals surface area contributed by atoms with Gasteiger partial charge in [-0.25, -0.2) is 8.78 Å². The summed E-state index contributed by atoms with van der Waals surface area (Å²) in [6.07, 6.45) is 0. The Morgan fingerprint density at radius 1 is 1.23 bits per heavy atom. The highest BCUT2D eigenvalue weighted by Gasteiger charge is 2.12. The monoisotopic (exact) mass is 382 g/mol. The lowest BCUT2D eigenvalue weighted by Crippen LogP contribution is -2.13. The van der Waals surface area contributed by atoms with Crippen LogP contribution >= 0.6 is 27.3 Å². The number of amides is 1. The number of rotatable bonds is 1. The van der Waals surface area contributed by atoms with E-state index >= 15 is 0 Å². The molecule has 3 nitrogen and oxygen atoms in total. The van der Waals surface area contributed by atoms with Crippen molar-refractivity contribution in [1.82, 2.24) is 4.57 Å². The van der Waals surface area contributed by atoms with Crippen LogP contribution in [0.1, 0.15) is 10.4 Å². The van der Waals surface area contributed by atoms with Crippen molar-refractivity contribution >= 4 is 43.4 Å². The van der Waals surface area contributed by atoms with Gasteiger partial charge in [-0.15, -0.1) is 0 Å². The molecule has 0 radical (unpaired) electrons. The van der Waals surface area contributed by atoms with Crippen molar-refractivity contribution in [2.24, 2.45) is 12.0 Å². The highest BCUT2D eigenvalue weighted by molar-refractivity contribution is 9.10. The zero-order chi connectivity index (χ0) is 15.9. The van der Waals surface area contributed by atoms with Crippen LogP contribution in [-0.4, -0.2) is 10.5 Å². The van der Waals surface area contributed by atoms with E-state index in [1.165, 1.54) is 10.6 Å². The average Bonchev–Trinajstić information content (AvgIpc) is 2.75. The number of thiazole rings is 1. The Morgan fingerprint density at radius 2 is 1.91 bits per heavy atom. The van der Waals surface area contributed by atoms with E-state index in [2.05, 4.69) is 20.9 Å². The zero-order valence-corrected chi connectivity index (χ0v) is 13.7. The van der Waals surface area contributed by atoms with Crippen LogP contribution in [0, 0.1) is 11.6 Å². The second-order valence-electron chi connectivity index (χ2n) is 4.60. The Morgan fingerprint density at radius 3 is 2.59 bits per heavy atom. The molecule has 1 aromatic heterocycles. The molecule has 2 aromatic carbocycles. The molecule has 0 fully saturated rings. The van der Waals surface area contributed by atoms with Crippen LogP contribution in [-0.2, 0) is 7.05 Å². The molecule has 1 amide bonds. The fourth-order valence-corrected chi connectivity index (χ4v) is 3.37. The van der Waals surface area contributed by atoms with Gasteiger partial charge in [-0.3, -0.25) is 4.79 Å². The summed E-state index contributed by atoms with van der Waals surface area (Å²) in [5.74, 6) is -1.76. The van der Waals surface area contributed by atoms with Crippen molar-refractivity contribution in [3.05, 3.63) is 62.9 Å². The molecule has 1 heterocycles. The van der Waals surface area contributed by atoms with E-state index in [0.29, 0.717) is 15.1 Å². The third-order valence-electron chi connectivity index (χ3n) is 3.11. The zero-order valence-electron chi connectivity index (χ0n) is 11.3. The Hall–Kier alpha value is -1.86. The topological polar surface area (TPSA) is 34.4 Å². The quantitative estimate of drug-likeness (QED) is 0.625. The number of aromatic nitrogens is 1. The molecule has 112 valence electrons. The first-order valence-corrected chi connectivity index (χ1v) is 7.86. The van der Waals surface area contributed by atoms with Gasteiger partial charge >= 0.3 is 0 Å². The van der Waals surface area contributed by atoms with E-state index in [0.717, 1.165) is 21.9 Å². The van der Waals surface area contributed by atoms with Gasteiger partial charge < -0.3 is 4.57 Å². The van der Waals surface area contributed by atoms with Crippen LogP contribution in [0.3, 0.4) is 0 Å². The Bertz CT molecular complexity index is 945. The van der Waals surface area contributed by atoms with Crippen LogP contribution in [0.25, 0.3) is 10.2 Å². The molecule has 0 N–H and O–H groups in total. The highest BCUT2D eigenvalue weighted by atomic mass is 79.9. The van der Waals surface area contributed by atoms with Crippen molar-refractivity contribution in [1.29, 1.82) is 0 Å². The number of carbonyl (C=O) groups is 1. The third kappa shape index (κ3) is 2.74.